The van der Waals surface area contributed by atoms with Crippen LogP contribution in [0.15, 0.2) is 0 Å². The van der Waals surface area contributed by atoms with Gasteiger partial charge in [-0.2, -0.15) is 0 Å². The van der Waals surface area contributed by atoms with Crippen LogP contribution in [0.5, 0.6) is 0 Å². The molecular weight excluding hydrogens is 204 g/mol. The molecule has 0 aliphatic carbocycles. The molecule has 1 rings (SSSR count). The summed E-state index contributed by atoms with van der Waals surface area (Å²) in [4.78, 5) is 24.7. The second-order valence-electron chi connectivity index (χ2n) is 4.12. The van der Waals surface area contributed by atoms with Crippen LogP contribution >= 0.6 is 0 Å². The summed E-state index contributed by atoms with van der Waals surface area (Å²) in [6, 6.07) is -0.323. The van der Waals surface area contributed by atoms with E-state index in [-0.39, 0.29) is 30.3 Å². The number of amides is 2. The van der Waals surface area contributed by atoms with Gasteiger partial charge < -0.3 is 5.32 Å². The van der Waals surface area contributed by atoms with E-state index in [0.29, 0.717) is 13.0 Å². The van der Waals surface area contributed by atoms with Gasteiger partial charge in [-0.3, -0.25) is 14.5 Å². The summed E-state index contributed by atoms with van der Waals surface area (Å²) in [5, 5.41) is 3.09. The average molecular weight is 222 g/mol. The Kier molecular flexibility index (Phi) is 4.51. The van der Waals surface area contributed by atoms with Crippen LogP contribution in [0, 0.1) is 12.3 Å². The molecule has 1 heterocycles. The van der Waals surface area contributed by atoms with Gasteiger partial charge in [0.25, 0.3) is 0 Å². The van der Waals surface area contributed by atoms with Gasteiger partial charge in [0.1, 0.15) is 0 Å². The van der Waals surface area contributed by atoms with E-state index in [1.807, 2.05) is 13.8 Å². The zero-order chi connectivity index (χ0) is 12.1. The van der Waals surface area contributed by atoms with Crippen LogP contribution in [-0.2, 0) is 9.59 Å². The Morgan fingerprint density at radius 2 is 2.31 bits per heavy atom. The number of likely N-dealkylation sites (tertiary alicyclic amines) is 1. The molecule has 0 aromatic heterocycles. The van der Waals surface area contributed by atoms with E-state index in [1.165, 1.54) is 4.90 Å². The minimum atomic E-state index is -0.387. The molecule has 1 N–H and O–H groups in total. The molecule has 0 saturated carbocycles. The van der Waals surface area contributed by atoms with Gasteiger partial charge in [-0.25, -0.2) is 0 Å². The fourth-order valence-electron chi connectivity index (χ4n) is 1.85. The number of rotatable bonds is 5. The lowest BCUT2D eigenvalue weighted by molar-refractivity contribution is -0.138. The van der Waals surface area contributed by atoms with Crippen molar-refractivity contribution in [1.29, 1.82) is 0 Å². The second-order valence-corrected chi connectivity index (χ2v) is 4.12. The minimum absolute atomic E-state index is 0.0633. The Balaban J connectivity index is 2.55. The van der Waals surface area contributed by atoms with E-state index >= 15 is 0 Å². The van der Waals surface area contributed by atoms with Crippen LogP contribution in [0.1, 0.15) is 33.1 Å². The van der Waals surface area contributed by atoms with Crippen molar-refractivity contribution in [2.75, 3.05) is 6.54 Å². The molecule has 1 aliphatic rings. The molecule has 2 atom stereocenters. The SMILES string of the molecule is C#CCC(C)NC1CC(=O)N(CCC)C1=O. The summed E-state index contributed by atoms with van der Waals surface area (Å²) in [7, 11) is 0. The van der Waals surface area contributed by atoms with Gasteiger partial charge in [-0.1, -0.05) is 6.92 Å². The summed E-state index contributed by atoms with van der Waals surface area (Å²) in [6.07, 6.45) is 6.80. The predicted octanol–water partition coefficient (Wildman–Crippen LogP) is 0.525. The summed E-state index contributed by atoms with van der Waals surface area (Å²) in [5.74, 6) is 2.33. The number of terminal acetylenes is 1. The highest BCUT2D eigenvalue weighted by Crippen LogP contribution is 2.14. The Hall–Kier alpha value is -1.34. The molecule has 88 valence electrons. The largest absolute Gasteiger partial charge is 0.302 e. The molecule has 2 unspecified atom stereocenters. The van der Waals surface area contributed by atoms with E-state index < -0.39 is 0 Å². The van der Waals surface area contributed by atoms with Gasteiger partial charge in [-0.05, 0) is 13.3 Å². The Labute approximate surface area is 96.4 Å². The third-order valence-corrected chi connectivity index (χ3v) is 2.60. The molecule has 1 aliphatic heterocycles. The number of carbonyl (C=O) groups is 2. The quantitative estimate of drug-likeness (QED) is 0.545. The average Bonchev–Trinajstić information content (AvgIpc) is 2.47. The molecule has 1 saturated heterocycles. The van der Waals surface area contributed by atoms with Crippen LogP contribution in [0.3, 0.4) is 0 Å². The number of carbonyl (C=O) groups excluding carboxylic acids is 2. The third kappa shape index (κ3) is 2.83. The Morgan fingerprint density at radius 3 is 2.88 bits per heavy atom. The van der Waals surface area contributed by atoms with Crippen molar-refractivity contribution in [3.63, 3.8) is 0 Å². The number of imide groups is 1. The third-order valence-electron chi connectivity index (χ3n) is 2.60. The van der Waals surface area contributed by atoms with E-state index in [2.05, 4.69) is 11.2 Å². The molecule has 1 fully saturated rings. The van der Waals surface area contributed by atoms with E-state index in [4.69, 9.17) is 6.42 Å². The highest BCUT2D eigenvalue weighted by atomic mass is 16.2. The first kappa shape index (κ1) is 12.7. The van der Waals surface area contributed by atoms with Gasteiger partial charge in [0.15, 0.2) is 0 Å². The second kappa shape index (κ2) is 5.66. The molecule has 4 nitrogen and oxygen atoms in total. The maximum atomic E-state index is 11.8. The van der Waals surface area contributed by atoms with Gasteiger partial charge in [-0.15, -0.1) is 12.3 Å². The first-order valence-corrected chi connectivity index (χ1v) is 5.63. The van der Waals surface area contributed by atoms with Gasteiger partial charge in [0.2, 0.25) is 11.8 Å². The van der Waals surface area contributed by atoms with Crippen molar-refractivity contribution < 1.29 is 9.59 Å². The molecule has 16 heavy (non-hydrogen) atoms. The number of nitrogens with zero attached hydrogens (tertiary/aromatic N) is 1. The van der Waals surface area contributed by atoms with E-state index in [0.717, 1.165) is 6.42 Å². The van der Waals surface area contributed by atoms with Crippen LogP contribution in [0.4, 0.5) is 0 Å². The zero-order valence-corrected chi connectivity index (χ0v) is 9.82. The van der Waals surface area contributed by atoms with Crippen LogP contribution in [0.25, 0.3) is 0 Å². The van der Waals surface area contributed by atoms with Crippen LogP contribution in [0.2, 0.25) is 0 Å². The fraction of sp³-hybridized carbons (Fsp3) is 0.667. The van der Waals surface area contributed by atoms with Crippen molar-refractivity contribution in [2.24, 2.45) is 0 Å². The van der Waals surface area contributed by atoms with Gasteiger partial charge in [0.05, 0.1) is 12.5 Å². The lowest BCUT2D eigenvalue weighted by atomic mass is 10.2. The first-order valence-electron chi connectivity index (χ1n) is 5.63. The Morgan fingerprint density at radius 1 is 1.62 bits per heavy atom. The minimum Gasteiger partial charge on any atom is -0.302 e. The summed E-state index contributed by atoms with van der Waals surface area (Å²) in [6.45, 7) is 4.38. The Bertz CT molecular complexity index is 319. The maximum Gasteiger partial charge on any atom is 0.246 e. The van der Waals surface area contributed by atoms with Crippen molar-refractivity contribution in [3.05, 3.63) is 0 Å². The maximum absolute atomic E-state index is 11.8. The molecular formula is C12H18N2O2. The fourth-order valence-corrected chi connectivity index (χ4v) is 1.85. The summed E-state index contributed by atoms with van der Waals surface area (Å²) >= 11 is 0. The lowest BCUT2D eigenvalue weighted by Crippen LogP contribution is -2.42. The van der Waals surface area contributed by atoms with Gasteiger partial charge in [0, 0.05) is 19.0 Å². The highest BCUT2D eigenvalue weighted by Gasteiger charge is 2.38. The van der Waals surface area contributed by atoms with Crippen molar-refractivity contribution in [1.82, 2.24) is 10.2 Å². The monoisotopic (exact) mass is 222 g/mol. The van der Waals surface area contributed by atoms with Crippen molar-refractivity contribution in [2.45, 2.75) is 45.2 Å². The zero-order valence-electron chi connectivity index (χ0n) is 9.82. The van der Waals surface area contributed by atoms with Crippen LogP contribution < -0.4 is 5.32 Å². The first-order chi connectivity index (χ1) is 7.60. The van der Waals surface area contributed by atoms with Crippen molar-refractivity contribution in [3.8, 4) is 12.3 Å². The summed E-state index contributed by atoms with van der Waals surface area (Å²) in [5.41, 5.74) is 0. The number of nitrogens with one attached hydrogen (secondary N) is 1. The summed E-state index contributed by atoms with van der Waals surface area (Å²) < 4.78 is 0. The topological polar surface area (TPSA) is 49.4 Å². The highest BCUT2D eigenvalue weighted by molar-refractivity contribution is 6.05. The van der Waals surface area contributed by atoms with Crippen molar-refractivity contribution >= 4 is 11.8 Å². The smallest absolute Gasteiger partial charge is 0.246 e. The number of hydrogen-bond donors (Lipinski definition) is 1. The van der Waals surface area contributed by atoms with E-state index in [1.54, 1.807) is 0 Å². The normalized spacial score (nSPS) is 22.3. The molecule has 2 amide bonds. The molecule has 0 bridgehead atoms. The van der Waals surface area contributed by atoms with Gasteiger partial charge >= 0.3 is 0 Å². The number of hydrogen-bond acceptors (Lipinski definition) is 3. The lowest BCUT2D eigenvalue weighted by Gasteiger charge is -2.17. The predicted molar refractivity (Wildman–Crippen MR) is 61.5 cm³/mol. The molecule has 4 heteroatoms. The molecule has 0 spiro atoms. The van der Waals surface area contributed by atoms with E-state index in [9.17, 15) is 9.59 Å². The molecule has 0 aromatic rings. The standard InChI is InChI=1S/C12H18N2O2/c1-4-6-9(3)13-10-8-11(15)14(7-5-2)12(10)16/h1,9-10,13H,5-8H2,2-3H3. The molecule has 0 radical (unpaired) electrons. The van der Waals surface area contributed by atoms with Crippen LogP contribution in [-0.4, -0.2) is 35.3 Å². The molecule has 0 aromatic carbocycles.